The van der Waals surface area contributed by atoms with E-state index in [1.165, 1.54) is 7.11 Å². The standard InChI is InChI=1S/C18H25N3O4/c1-24-17(22)15-6-2-3-7-16(15)19-18(23)21-8-4-5-14(13-21)20-9-11-25-12-10-20/h2-3,6-7,14H,4-5,8-13H2,1H3,(H,19,23). The van der Waals surface area contributed by atoms with E-state index in [9.17, 15) is 9.59 Å². The highest BCUT2D eigenvalue weighted by Crippen LogP contribution is 2.20. The van der Waals surface area contributed by atoms with Crippen molar-refractivity contribution in [1.82, 2.24) is 9.80 Å². The van der Waals surface area contributed by atoms with Crippen LogP contribution in [0.15, 0.2) is 24.3 Å². The molecule has 3 rings (SSSR count). The molecule has 0 radical (unpaired) electrons. The van der Waals surface area contributed by atoms with Gasteiger partial charge in [-0.25, -0.2) is 9.59 Å². The Morgan fingerprint density at radius 2 is 1.96 bits per heavy atom. The van der Waals surface area contributed by atoms with Crippen LogP contribution in [0.3, 0.4) is 0 Å². The summed E-state index contributed by atoms with van der Waals surface area (Å²) in [6, 6.07) is 7.10. The molecule has 1 aromatic rings. The molecule has 0 bridgehead atoms. The lowest BCUT2D eigenvalue weighted by Gasteiger charge is -2.40. The van der Waals surface area contributed by atoms with E-state index in [4.69, 9.17) is 9.47 Å². The van der Waals surface area contributed by atoms with Crippen LogP contribution in [0.25, 0.3) is 0 Å². The smallest absolute Gasteiger partial charge is 0.339 e. The Bertz CT molecular complexity index is 616. The van der Waals surface area contributed by atoms with Crippen molar-refractivity contribution in [1.29, 1.82) is 0 Å². The summed E-state index contributed by atoms with van der Waals surface area (Å²) in [5.41, 5.74) is 0.841. The number of morpholine rings is 1. The molecule has 2 saturated heterocycles. The highest BCUT2D eigenvalue weighted by atomic mass is 16.5. The highest BCUT2D eigenvalue weighted by molar-refractivity contribution is 6.00. The van der Waals surface area contributed by atoms with Crippen molar-refractivity contribution < 1.29 is 19.1 Å². The van der Waals surface area contributed by atoms with E-state index in [1.807, 2.05) is 4.90 Å². The summed E-state index contributed by atoms with van der Waals surface area (Å²) >= 11 is 0. The number of methoxy groups -OCH3 is 1. The van der Waals surface area contributed by atoms with Gasteiger partial charge in [-0.15, -0.1) is 0 Å². The maximum Gasteiger partial charge on any atom is 0.339 e. The minimum absolute atomic E-state index is 0.172. The number of piperidine rings is 1. The van der Waals surface area contributed by atoms with Gasteiger partial charge in [0.05, 0.1) is 31.6 Å². The van der Waals surface area contributed by atoms with Crippen LogP contribution in [0.1, 0.15) is 23.2 Å². The number of carbonyl (C=O) groups is 2. The molecule has 2 aliphatic rings. The number of nitrogens with zero attached hydrogens (tertiary/aromatic N) is 2. The van der Waals surface area contributed by atoms with Crippen molar-refractivity contribution in [2.75, 3.05) is 51.8 Å². The highest BCUT2D eigenvalue weighted by Gasteiger charge is 2.29. The first-order valence-corrected chi connectivity index (χ1v) is 8.74. The normalized spacial score (nSPS) is 21.6. The molecule has 0 saturated carbocycles. The molecule has 7 nitrogen and oxygen atoms in total. The number of urea groups is 1. The number of likely N-dealkylation sites (tertiary alicyclic amines) is 1. The van der Waals surface area contributed by atoms with Crippen molar-refractivity contribution in [3.8, 4) is 0 Å². The lowest BCUT2D eigenvalue weighted by Crippen LogP contribution is -2.53. The third-order valence-electron chi connectivity index (χ3n) is 4.82. The second-order valence-electron chi connectivity index (χ2n) is 6.36. The van der Waals surface area contributed by atoms with E-state index >= 15 is 0 Å². The van der Waals surface area contributed by atoms with Crippen molar-refractivity contribution in [2.24, 2.45) is 0 Å². The van der Waals surface area contributed by atoms with E-state index in [0.29, 0.717) is 23.8 Å². The molecule has 1 N–H and O–H groups in total. The lowest BCUT2D eigenvalue weighted by molar-refractivity contribution is 0.00248. The molecule has 1 atom stereocenters. The van der Waals surface area contributed by atoms with Crippen molar-refractivity contribution in [3.05, 3.63) is 29.8 Å². The van der Waals surface area contributed by atoms with Gasteiger partial charge in [0.2, 0.25) is 0 Å². The maximum absolute atomic E-state index is 12.7. The van der Waals surface area contributed by atoms with Gasteiger partial charge in [0.25, 0.3) is 0 Å². The third-order valence-corrected chi connectivity index (χ3v) is 4.82. The first-order chi connectivity index (χ1) is 12.2. The summed E-state index contributed by atoms with van der Waals surface area (Å²) < 4.78 is 10.2. The van der Waals surface area contributed by atoms with Crippen LogP contribution in [0.5, 0.6) is 0 Å². The lowest BCUT2D eigenvalue weighted by atomic mass is 10.0. The van der Waals surface area contributed by atoms with Crippen LogP contribution in [-0.2, 0) is 9.47 Å². The quantitative estimate of drug-likeness (QED) is 0.845. The van der Waals surface area contributed by atoms with Gasteiger partial charge < -0.3 is 19.7 Å². The number of carbonyl (C=O) groups excluding carboxylic acids is 2. The van der Waals surface area contributed by atoms with Gasteiger partial charge in [-0.2, -0.15) is 0 Å². The van der Waals surface area contributed by atoms with Crippen LogP contribution < -0.4 is 5.32 Å². The number of benzene rings is 1. The van der Waals surface area contributed by atoms with Crippen LogP contribution in [-0.4, -0.2) is 74.3 Å². The number of rotatable bonds is 3. The average Bonchev–Trinajstić information content (AvgIpc) is 2.68. The summed E-state index contributed by atoms with van der Waals surface area (Å²) in [5, 5.41) is 2.86. The predicted octanol–water partition coefficient (Wildman–Crippen LogP) is 1.80. The summed E-state index contributed by atoms with van der Waals surface area (Å²) in [6.07, 6.45) is 2.08. The number of nitrogens with one attached hydrogen (secondary N) is 1. The number of anilines is 1. The fourth-order valence-electron chi connectivity index (χ4n) is 3.45. The molecule has 2 heterocycles. The van der Waals surface area contributed by atoms with Crippen LogP contribution in [0, 0.1) is 0 Å². The van der Waals surface area contributed by atoms with Gasteiger partial charge in [-0.3, -0.25) is 4.90 Å². The minimum Gasteiger partial charge on any atom is -0.465 e. The molecule has 2 amide bonds. The topological polar surface area (TPSA) is 71.1 Å². The van der Waals surface area contributed by atoms with Gasteiger partial charge in [-0.1, -0.05) is 12.1 Å². The zero-order chi connectivity index (χ0) is 17.6. The van der Waals surface area contributed by atoms with E-state index in [-0.39, 0.29) is 6.03 Å². The molecular formula is C18H25N3O4. The van der Waals surface area contributed by atoms with Crippen LogP contribution in [0.4, 0.5) is 10.5 Å². The number of ether oxygens (including phenoxy) is 2. The Morgan fingerprint density at radius 3 is 2.72 bits per heavy atom. The second kappa shape index (κ2) is 8.31. The van der Waals surface area contributed by atoms with E-state index in [1.54, 1.807) is 24.3 Å². The number of para-hydroxylation sites is 1. The summed E-state index contributed by atoms with van der Waals surface area (Å²) in [7, 11) is 1.33. The van der Waals surface area contributed by atoms with Crippen molar-refractivity contribution in [3.63, 3.8) is 0 Å². The Balaban J connectivity index is 1.64. The molecule has 0 spiro atoms. The van der Waals surface area contributed by atoms with Gasteiger partial charge in [0.1, 0.15) is 0 Å². The van der Waals surface area contributed by atoms with Crippen LogP contribution in [0.2, 0.25) is 0 Å². The summed E-state index contributed by atoms with van der Waals surface area (Å²) in [4.78, 5) is 28.8. The zero-order valence-electron chi connectivity index (χ0n) is 14.6. The van der Waals surface area contributed by atoms with E-state index < -0.39 is 5.97 Å². The Kier molecular flexibility index (Phi) is 5.88. The van der Waals surface area contributed by atoms with Crippen molar-refractivity contribution >= 4 is 17.7 Å². The van der Waals surface area contributed by atoms with E-state index in [2.05, 4.69) is 10.2 Å². The predicted molar refractivity (Wildman–Crippen MR) is 93.8 cm³/mol. The summed E-state index contributed by atoms with van der Waals surface area (Å²) in [6.45, 7) is 4.79. The van der Waals surface area contributed by atoms with E-state index in [0.717, 1.165) is 45.7 Å². The second-order valence-corrected chi connectivity index (χ2v) is 6.36. The van der Waals surface area contributed by atoms with Gasteiger partial charge in [0.15, 0.2) is 0 Å². The molecule has 2 fully saturated rings. The molecule has 1 unspecified atom stereocenters. The molecule has 0 aromatic heterocycles. The average molecular weight is 347 g/mol. The van der Waals surface area contributed by atoms with Crippen LogP contribution >= 0.6 is 0 Å². The third kappa shape index (κ3) is 4.29. The van der Waals surface area contributed by atoms with Gasteiger partial charge in [0, 0.05) is 32.2 Å². The monoisotopic (exact) mass is 347 g/mol. The Morgan fingerprint density at radius 1 is 1.20 bits per heavy atom. The molecule has 7 heteroatoms. The molecule has 0 aliphatic carbocycles. The SMILES string of the molecule is COC(=O)c1ccccc1NC(=O)N1CCCC(N2CCOCC2)C1. The minimum atomic E-state index is -0.458. The first-order valence-electron chi connectivity index (χ1n) is 8.74. The molecule has 136 valence electrons. The molecular weight excluding hydrogens is 322 g/mol. The fraction of sp³-hybridized carbons (Fsp3) is 0.556. The Hall–Kier alpha value is -2.12. The van der Waals surface area contributed by atoms with Gasteiger partial charge >= 0.3 is 12.0 Å². The maximum atomic E-state index is 12.7. The largest absolute Gasteiger partial charge is 0.465 e. The first kappa shape index (κ1) is 17.7. The summed E-state index contributed by atoms with van der Waals surface area (Å²) in [5.74, 6) is -0.458. The van der Waals surface area contributed by atoms with Crippen molar-refractivity contribution in [2.45, 2.75) is 18.9 Å². The molecule has 25 heavy (non-hydrogen) atoms. The molecule has 1 aromatic carbocycles. The number of hydrogen-bond acceptors (Lipinski definition) is 5. The fourth-order valence-corrected chi connectivity index (χ4v) is 3.45. The zero-order valence-corrected chi connectivity index (χ0v) is 14.6. The number of amides is 2. The number of esters is 1. The molecule has 2 aliphatic heterocycles. The Labute approximate surface area is 147 Å². The van der Waals surface area contributed by atoms with Gasteiger partial charge in [-0.05, 0) is 25.0 Å². The number of hydrogen-bond donors (Lipinski definition) is 1.